The van der Waals surface area contributed by atoms with E-state index < -0.39 is 11.4 Å². The number of aliphatic hydroxyl groups excluding tert-OH is 1. The van der Waals surface area contributed by atoms with E-state index >= 15 is 0 Å². The molecule has 5 N–H and O–H groups in total. The van der Waals surface area contributed by atoms with Crippen molar-refractivity contribution in [2.75, 3.05) is 12.3 Å². The zero-order valence-electron chi connectivity index (χ0n) is 7.42. The lowest BCUT2D eigenvalue weighted by Gasteiger charge is -2.23. The molecule has 0 radical (unpaired) electrons. The van der Waals surface area contributed by atoms with E-state index in [4.69, 9.17) is 16.6 Å². The summed E-state index contributed by atoms with van der Waals surface area (Å²) in [6.07, 6.45) is 0. The zero-order chi connectivity index (χ0) is 10.1. The average molecular weight is 184 g/mol. The average Bonchev–Trinajstić information content (AvgIpc) is 2.09. The van der Waals surface area contributed by atoms with Crippen molar-refractivity contribution in [1.29, 1.82) is 0 Å². The minimum atomic E-state index is -0.994. The maximum atomic E-state index is 12.8. The highest BCUT2D eigenvalue weighted by Gasteiger charge is 2.22. The first-order chi connectivity index (χ1) is 5.97. The van der Waals surface area contributed by atoms with Crippen molar-refractivity contribution in [2.45, 2.75) is 12.5 Å². The van der Waals surface area contributed by atoms with Gasteiger partial charge in [-0.2, -0.15) is 0 Å². The first-order valence-corrected chi connectivity index (χ1v) is 3.92. The van der Waals surface area contributed by atoms with Gasteiger partial charge in [-0.1, -0.05) is 0 Å². The second-order valence-corrected chi connectivity index (χ2v) is 3.31. The predicted octanol–water partition coefficient (Wildman–Crippen LogP) is 0.574. The molecule has 0 amide bonds. The van der Waals surface area contributed by atoms with E-state index in [1.54, 1.807) is 6.92 Å². The fourth-order valence-electron chi connectivity index (χ4n) is 1.11. The molecule has 0 unspecified atom stereocenters. The van der Waals surface area contributed by atoms with Crippen LogP contribution in [0.5, 0.6) is 0 Å². The third kappa shape index (κ3) is 1.96. The second kappa shape index (κ2) is 3.32. The Labute approximate surface area is 76.2 Å². The Hall–Kier alpha value is -1.13. The molecule has 0 aliphatic rings. The van der Waals surface area contributed by atoms with E-state index in [0.29, 0.717) is 11.3 Å². The van der Waals surface area contributed by atoms with E-state index in [9.17, 15) is 4.39 Å². The van der Waals surface area contributed by atoms with Crippen molar-refractivity contribution >= 4 is 5.69 Å². The van der Waals surface area contributed by atoms with Crippen LogP contribution in [-0.4, -0.2) is 11.7 Å². The van der Waals surface area contributed by atoms with Crippen LogP contribution in [0.15, 0.2) is 18.2 Å². The number of rotatable bonds is 2. The largest absolute Gasteiger partial charge is 0.398 e. The summed E-state index contributed by atoms with van der Waals surface area (Å²) < 4.78 is 12.8. The molecule has 4 heteroatoms. The molecule has 1 aromatic carbocycles. The molecule has 0 aliphatic carbocycles. The zero-order valence-corrected chi connectivity index (χ0v) is 7.42. The smallest absolute Gasteiger partial charge is 0.123 e. The van der Waals surface area contributed by atoms with Gasteiger partial charge < -0.3 is 16.6 Å². The van der Waals surface area contributed by atoms with E-state index in [1.165, 1.54) is 18.2 Å². The summed E-state index contributed by atoms with van der Waals surface area (Å²) in [5.74, 6) is -0.408. The Morgan fingerprint density at radius 3 is 2.69 bits per heavy atom. The van der Waals surface area contributed by atoms with Crippen LogP contribution in [0.4, 0.5) is 10.1 Å². The van der Waals surface area contributed by atoms with E-state index in [2.05, 4.69) is 0 Å². The Morgan fingerprint density at radius 1 is 1.54 bits per heavy atom. The van der Waals surface area contributed by atoms with Crippen molar-refractivity contribution < 1.29 is 9.50 Å². The summed E-state index contributed by atoms with van der Waals surface area (Å²) in [4.78, 5) is 0. The predicted molar refractivity (Wildman–Crippen MR) is 49.4 cm³/mol. The maximum absolute atomic E-state index is 12.8. The standard InChI is InChI=1S/C9H13FN2O/c1-9(12,5-13)7-4-6(10)2-3-8(7)11/h2-4,13H,5,11-12H2,1H3/t9-/m1/s1. The van der Waals surface area contributed by atoms with Gasteiger partial charge in [0.1, 0.15) is 5.82 Å². The Bertz CT molecular complexity index is 312. The van der Waals surface area contributed by atoms with Crippen LogP contribution in [0, 0.1) is 5.82 Å². The number of benzene rings is 1. The minimum absolute atomic E-state index is 0.277. The van der Waals surface area contributed by atoms with E-state index in [1.807, 2.05) is 0 Å². The van der Waals surface area contributed by atoms with E-state index in [-0.39, 0.29) is 6.61 Å². The highest BCUT2D eigenvalue weighted by Crippen LogP contribution is 2.24. The summed E-state index contributed by atoms with van der Waals surface area (Å²) in [6.45, 7) is 1.32. The van der Waals surface area contributed by atoms with Crippen LogP contribution >= 0.6 is 0 Å². The quantitative estimate of drug-likeness (QED) is 0.588. The summed E-state index contributed by atoms with van der Waals surface area (Å²) in [5.41, 5.74) is 11.1. The van der Waals surface area contributed by atoms with E-state index in [0.717, 1.165) is 0 Å². The van der Waals surface area contributed by atoms with Crippen LogP contribution in [0.3, 0.4) is 0 Å². The number of anilines is 1. The van der Waals surface area contributed by atoms with Crippen LogP contribution < -0.4 is 11.5 Å². The Kier molecular flexibility index (Phi) is 2.54. The number of hydrogen-bond donors (Lipinski definition) is 3. The lowest BCUT2D eigenvalue weighted by atomic mass is 9.92. The molecular weight excluding hydrogens is 171 g/mol. The third-order valence-electron chi connectivity index (χ3n) is 1.96. The van der Waals surface area contributed by atoms with Gasteiger partial charge in [-0.15, -0.1) is 0 Å². The molecular formula is C9H13FN2O. The Morgan fingerprint density at radius 2 is 2.15 bits per heavy atom. The lowest BCUT2D eigenvalue weighted by Crippen LogP contribution is -2.37. The second-order valence-electron chi connectivity index (χ2n) is 3.31. The molecule has 1 atom stereocenters. The van der Waals surface area contributed by atoms with Crippen LogP contribution in [-0.2, 0) is 5.54 Å². The number of aliphatic hydroxyl groups is 1. The number of hydrogen-bond acceptors (Lipinski definition) is 3. The normalized spacial score (nSPS) is 15.4. The monoisotopic (exact) mass is 184 g/mol. The molecule has 13 heavy (non-hydrogen) atoms. The molecule has 0 spiro atoms. The number of halogens is 1. The molecule has 0 saturated carbocycles. The van der Waals surface area contributed by atoms with Crippen LogP contribution in [0.1, 0.15) is 12.5 Å². The topological polar surface area (TPSA) is 72.3 Å². The van der Waals surface area contributed by atoms with Gasteiger partial charge in [-0.05, 0) is 30.7 Å². The van der Waals surface area contributed by atoms with Crippen molar-refractivity contribution in [3.63, 3.8) is 0 Å². The fourth-order valence-corrected chi connectivity index (χ4v) is 1.11. The minimum Gasteiger partial charge on any atom is -0.398 e. The summed E-state index contributed by atoms with van der Waals surface area (Å²) in [7, 11) is 0. The van der Waals surface area contributed by atoms with Gasteiger partial charge >= 0.3 is 0 Å². The van der Waals surface area contributed by atoms with Crippen molar-refractivity contribution in [3.8, 4) is 0 Å². The third-order valence-corrected chi connectivity index (χ3v) is 1.96. The molecule has 0 fully saturated rings. The fraction of sp³-hybridized carbons (Fsp3) is 0.333. The molecule has 0 saturated heterocycles. The molecule has 0 bridgehead atoms. The molecule has 72 valence electrons. The SMILES string of the molecule is C[C@@](N)(CO)c1cc(F)ccc1N. The number of nitrogen functional groups attached to an aromatic ring is 1. The summed E-state index contributed by atoms with van der Waals surface area (Å²) in [6, 6.07) is 3.93. The van der Waals surface area contributed by atoms with Gasteiger partial charge in [-0.25, -0.2) is 4.39 Å². The molecule has 0 aromatic heterocycles. The van der Waals surface area contributed by atoms with Crippen molar-refractivity contribution in [1.82, 2.24) is 0 Å². The maximum Gasteiger partial charge on any atom is 0.123 e. The van der Waals surface area contributed by atoms with Crippen LogP contribution in [0.2, 0.25) is 0 Å². The van der Waals surface area contributed by atoms with Gasteiger partial charge in [0.25, 0.3) is 0 Å². The van der Waals surface area contributed by atoms with Gasteiger partial charge in [-0.3, -0.25) is 0 Å². The van der Waals surface area contributed by atoms with Gasteiger partial charge in [0.15, 0.2) is 0 Å². The van der Waals surface area contributed by atoms with Gasteiger partial charge in [0.05, 0.1) is 12.1 Å². The molecule has 0 aliphatic heterocycles. The molecule has 3 nitrogen and oxygen atoms in total. The highest BCUT2D eigenvalue weighted by molar-refractivity contribution is 5.50. The first-order valence-electron chi connectivity index (χ1n) is 3.92. The highest BCUT2D eigenvalue weighted by atomic mass is 19.1. The lowest BCUT2D eigenvalue weighted by molar-refractivity contribution is 0.210. The van der Waals surface area contributed by atoms with Crippen LogP contribution in [0.25, 0.3) is 0 Å². The number of nitrogens with two attached hydrogens (primary N) is 2. The van der Waals surface area contributed by atoms with Gasteiger partial charge in [0.2, 0.25) is 0 Å². The summed E-state index contributed by atoms with van der Waals surface area (Å²) >= 11 is 0. The van der Waals surface area contributed by atoms with Crippen molar-refractivity contribution in [2.24, 2.45) is 5.73 Å². The van der Waals surface area contributed by atoms with Gasteiger partial charge in [0, 0.05) is 5.69 Å². The molecule has 0 heterocycles. The molecule has 1 rings (SSSR count). The van der Waals surface area contributed by atoms with Crippen molar-refractivity contribution in [3.05, 3.63) is 29.6 Å². The summed E-state index contributed by atoms with van der Waals surface area (Å²) in [5, 5.41) is 8.96. The first kappa shape index (κ1) is 9.95. The molecule has 1 aromatic rings. The Balaban J connectivity index is 3.20.